The molecule has 4 rings (SSSR count). The molecule has 0 aliphatic rings. The molecule has 0 amide bonds. The summed E-state index contributed by atoms with van der Waals surface area (Å²) in [5.41, 5.74) is 1.61. The molecule has 7 nitrogen and oxygen atoms in total. The fraction of sp³-hybridized carbons (Fsp3) is 0.346. The van der Waals surface area contributed by atoms with E-state index in [0.717, 1.165) is 33.0 Å². The van der Waals surface area contributed by atoms with Gasteiger partial charge in [-0.25, -0.2) is 8.42 Å². The number of nitrogens with zero attached hydrogens (tertiary/aromatic N) is 1. The van der Waals surface area contributed by atoms with Crippen LogP contribution in [0, 0.1) is 6.92 Å². The normalized spacial score (nSPS) is 12.9. The number of aliphatic carboxylic acids is 1. The molecule has 0 spiro atoms. The van der Waals surface area contributed by atoms with Crippen LogP contribution in [0.3, 0.4) is 0 Å². The molecule has 1 atom stereocenters. The molecule has 0 bridgehead atoms. The van der Waals surface area contributed by atoms with Gasteiger partial charge in [-0.2, -0.15) is 0 Å². The number of hydrogen-bond acceptors (Lipinski definition) is 6. The van der Waals surface area contributed by atoms with Gasteiger partial charge in [-0.05, 0) is 79.7 Å². The highest BCUT2D eigenvalue weighted by Crippen LogP contribution is 2.36. The Labute approximate surface area is 219 Å². The van der Waals surface area contributed by atoms with Crippen molar-refractivity contribution >= 4 is 59.7 Å². The number of carbonyl (C=O) groups is 1. The number of halogens is 1. The monoisotopic (exact) mass is 548 g/mol. The van der Waals surface area contributed by atoms with E-state index in [1.165, 1.54) is 11.3 Å². The van der Waals surface area contributed by atoms with Gasteiger partial charge in [0.25, 0.3) is 0 Å². The van der Waals surface area contributed by atoms with E-state index >= 15 is 0 Å². The lowest BCUT2D eigenvalue weighted by molar-refractivity contribution is -0.137. The number of benzene rings is 2. The molecule has 1 unspecified atom stereocenters. The SMILES string of the molecule is CCC(CNCCCS(=O)(=O)c1sc2ccc(Cl)cc2c1C)Oc1ccc2c(ccn2CC(=O)O)c1. The van der Waals surface area contributed by atoms with Crippen LogP contribution in [0.4, 0.5) is 0 Å². The number of aryl methyl sites for hydroxylation is 1. The number of sulfone groups is 1. The predicted molar refractivity (Wildman–Crippen MR) is 145 cm³/mol. The van der Waals surface area contributed by atoms with Crippen molar-refractivity contribution in [3.05, 3.63) is 59.2 Å². The first-order chi connectivity index (χ1) is 17.2. The number of ether oxygens (including phenoxy) is 1. The first kappa shape index (κ1) is 26.5. The van der Waals surface area contributed by atoms with Gasteiger partial charge in [0.05, 0.1) is 5.75 Å². The number of fused-ring (bicyclic) bond motifs is 2. The van der Waals surface area contributed by atoms with Crippen LogP contribution in [-0.4, -0.2) is 49.0 Å². The van der Waals surface area contributed by atoms with E-state index in [-0.39, 0.29) is 18.4 Å². The molecule has 2 aromatic carbocycles. The zero-order valence-corrected chi connectivity index (χ0v) is 22.5. The Bertz CT molecular complexity index is 1490. The molecule has 0 radical (unpaired) electrons. The Kier molecular flexibility index (Phi) is 8.24. The zero-order chi connectivity index (χ0) is 25.9. The van der Waals surface area contributed by atoms with Crippen molar-refractivity contribution in [1.82, 2.24) is 9.88 Å². The molecule has 2 aromatic heterocycles. The van der Waals surface area contributed by atoms with Crippen LogP contribution in [0.2, 0.25) is 5.02 Å². The van der Waals surface area contributed by atoms with Crippen LogP contribution in [0.25, 0.3) is 21.0 Å². The van der Waals surface area contributed by atoms with E-state index in [1.807, 2.05) is 50.2 Å². The third-order valence-electron chi connectivity index (χ3n) is 6.08. The molecule has 10 heteroatoms. The molecular formula is C26H29ClN2O5S2. The zero-order valence-electron chi connectivity index (χ0n) is 20.2. The summed E-state index contributed by atoms with van der Waals surface area (Å²) in [7, 11) is -3.38. The summed E-state index contributed by atoms with van der Waals surface area (Å²) in [6, 6.07) is 12.9. The number of aromatic nitrogens is 1. The van der Waals surface area contributed by atoms with Crippen LogP contribution in [0.15, 0.2) is 52.9 Å². The van der Waals surface area contributed by atoms with Crippen molar-refractivity contribution in [1.29, 1.82) is 0 Å². The smallest absolute Gasteiger partial charge is 0.323 e. The minimum Gasteiger partial charge on any atom is -0.489 e. The van der Waals surface area contributed by atoms with Gasteiger partial charge in [-0.3, -0.25) is 4.79 Å². The molecule has 0 aliphatic carbocycles. The number of carboxylic acid groups (broad SMARTS) is 1. The van der Waals surface area contributed by atoms with Crippen molar-refractivity contribution in [3.63, 3.8) is 0 Å². The summed E-state index contributed by atoms with van der Waals surface area (Å²) < 4.78 is 35.1. The lowest BCUT2D eigenvalue weighted by atomic mass is 10.2. The lowest BCUT2D eigenvalue weighted by Crippen LogP contribution is -2.32. The van der Waals surface area contributed by atoms with Gasteiger partial charge < -0.3 is 19.7 Å². The summed E-state index contributed by atoms with van der Waals surface area (Å²) in [6.45, 7) is 4.94. The Balaban J connectivity index is 1.29. The minimum absolute atomic E-state index is 0.0725. The average Bonchev–Trinajstić information content (AvgIpc) is 3.38. The molecule has 0 fully saturated rings. The first-order valence-electron chi connectivity index (χ1n) is 11.8. The molecule has 0 aliphatic heterocycles. The topological polar surface area (TPSA) is 97.6 Å². The minimum atomic E-state index is -3.38. The Hall–Kier alpha value is -2.59. The number of thiophene rings is 1. The summed E-state index contributed by atoms with van der Waals surface area (Å²) in [5, 5.41) is 14.8. The van der Waals surface area contributed by atoms with E-state index in [2.05, 4.69) is 5.32 Å². The molecule has 192 valence electrons. The van der Waals surface area contributed by atoms with Crippen LogP contribution in [0.1, 0.15) is 25.3 Å². The van der Waals surface area contributed by atoms with Crippen molar-refractivity contribution in [3.8, 4) is 5.75 Å². The van der Waals surface area contributed by atoms with E-state index in [0.29, 0.717) is 34.5 Å². The highest BCUT2D eigenvalue weighted by atomic mass is 35.5. The Morgan fingerprint density at radius 3 is 2.78 bits per heavy atom. The maximum Gasteiger partial charge on any atom is 0.323 e. The van der Waals surface area contributed by atoms with E-state index in [9.17, 15) is 13.2 Å². The molecular weight excluding hydrogens is 520 g/mol. The molecule has 0 saturated heterocycles. The van der Waals surface area contributed by atoms with Crippen LogP contribution in [0.5, 0.6) is 5.75 Å². The number of carboxylic acids is 1. The maximum absolute atomic E-state index is 13.0. The second-order valence-electron chi connectivity index (χ2n) is 8.74. The largest absolute Gasteiger partial charge is 0.489 e. The summed E-state index contributed by atoms with van der Waals surface area (Å²) in [6.07, 6.45) is 2.96. The van der Waals surface area contributed by atoms with Gasteiger partial charge >= 0.3 is 5.97 Å². The van der Waals surface area contributed by atoms with Crippen molar-refractivity contribution < 1.29 is 23.1 Å². The lowest BCUT2D eigenvalue weighted by Gasteiger charge is -2.18. The predicted octanol–water partition coefficient (Wildman–Crippen LogP) is 5.51. The number of hydrogen-bond donors (Lipinski definition) is 2. The Morgan fingerprint density at radius 1 is 1.22 bits per heavy atom. The van der Waals surface area contributed by atoms with Gasteiger partial charge in [0.1, 0.15) is 22.6 Å². The van der Waals surface area contributed by atoms with Gasteiger partial charge in [0.15, 0.2) is 9.84 Å². The van der Waals surface area contributed by atoms with Crippen LogP contribution in [-0.2, 0) is 21.2 Å². The quantitative estimate of drug-likeness (QED) is 0.226. The fourth-order valence-corrected chi connectivity index (χ4v) is 7.61. The third-order valence-corrected chi connectivity index (χ3v) is 10.1. The molecule has 4 aromatic rings. The maximum atomic E-state index is 13.0. The summed E-state index contributed by atoms with van der Waals surface area (Å²) in [4.78, 5) is 11.0. The summed E-state index contributed by atoms with van der Waals surface area (Å²) in [5.74, 6) is -0.1000. The second kappa shape index (κ2) is 11.2. The van der Waals surface area contributed by atoms with Crippen molar-refractivity contribution in [2.24, 2.45) is 0 Å². The number of rotatable bonds is 12. The van der Waals surface area contributed by atoms with Crippen LogP contribution < -0.4 is 10.1 Å². The molecule has 2 heterocycles. The highest BCUT2D eigenvalue weighted by molar-refractivity contribution is 7.93. The third kappa shape index (κ3) is 6.03. The highest BCUT2D eigenvalue weighted by Gasteiger charge is 2.21. The second-order valence-corrected chi connectivity index (χ2v) is 12.5. The van der Waals surface area contributed by atoms with E-state index < -0.39 is 15.8 Å². The van der Waals surface area contributed by atoms with Gasteiger partial charge in [-0.1, -0.05) is 18.5 Å². The van der Waals surface area contributed by atoms with E-state index in [4.69, 9.17) is 21.4 Å². The standard InChI is InChI=1S/C26H29ClN2O5S2/c1-3-20(34-21-6-7-23-18(13-21)9-11-29(23)16-25(30)31)15-28-10-4-12-36(32,33)26-17(2)22-14-19(27)5-8-24(22)35-26/h5-9,11,13-14,20,28H,3-4,10,12,15-16H2,1-2H3,(H,30,31). The fourth-order valence-electron chi connectivity index (χ4n) is 4.21. The molecule has 2 N–H and O–H groups in total. The van der Waals surface area contributed by atoms with Gasteiger partial charge in [0.2, 0.25) is 0 Å². The Morgan fingerprint density at radius 2 is 2.03 bits per heavy atom. The van der Waals surface area contributed by atoms with Crippen LogP contribution >= 0.6 is 22.9 Å². The van der Waals surface area contributed by atoms with E-state index in [1.54, 1.807) is 16.8 Å². The van der Waals surface area contributed by atoms with Gasteiger partial charge in [0, 0.05) is 33.4 Å². The average molecular weight is 549 g/mol. The van der Waals surface area contributed by atoms with Crippen molar-refractivity contribution in [2.45, 2.75) is 43.5 Å². The summed E-state index contributed by atoms with van der Waals surface area (Å²) >= 11 is 7.38. The molecule has 0 saturated carbocycles. The molecule has 36 heavy (non-hydrogen) atoms. The van der Waals surface area contributed by atoms with Crippen molar-refractivity contribution in [2.75, 3.05) is 18.8 Å². The number of nitrogens with one attached hydrogen (secondary N) is 1. The first-order valence-corrected chi connectivity index (χ1v) is 14.6. The van der Waals surface area contributed by atoms with Gasteiger partial charge in [-0.15, -0.1) is 11.3 Å².